The van der Waals surface area contributed by atoms with Crippen molar-refractivity contribution in [1.29, 1.82) is 0 Å². The Morgan fingerprint density at radius 2 is 1.81 bits per heavy atom. The third-order valence-electron chi connectivity index (χ3n) is 4.08. The molecule has 1 fully saturated rings. The summed E-state index contributed by atoms with van der Waals surface area (Å²) in [6.07, 6.45) is 9.90. The van der Waals surface area contributed by atoms with Crippen LogP contribution in [0.2, 0.25) is 0 Å². The molecule has 0 aromatic rings. The molecule has 1 unspecified atom stereocenters. The Labute approximate surface area is 102 Å². The van der Waals surface area contributed by atoms with Crippen LogP contribution < -0.4 is 5.32 Å². The predicted molar refractivity (Wildman–Crippen MR) is 71.9 cm³/mol. The average Bonchev–Trinajstić information content (AvgIpc) is 2.56. The summed E-state index contributed by atoms with van der Waals surface area (Å²) < 4.78 is 0. The van der Waals surface area contributed by atoms with Gasteiger partial charge in [-0.2, -0.15) is 0 Å². The molecule has 0 heterocycles. The summed E-state index contributed by atoms with van der Waals surface area (Å²) in [4.78, 5) is 2.63. The van der Waals surface area contributed by atoms with E-state index in [4.69, 9.17) is 0 Å². The Hall–Kier alpha value is -0.0800. The molecular formula is C14H30N2. The van der Waals surface area contributed by atoms with Gasteiger partial charge < -0.3 is 10.2 Å². The number of nitrogens with one attached hydrogen (secondary N) is 1. The van der Waals surface area contributed by atoms with Gasteiger partial charge in [0, 0.05) is 12.1 Å². The molecule has 0 aromatic heterocycles. The molecule has 0 radical (unpaired) electrons. The maximum atomic E-state index is 3.42. The zero-order valence-electron chi connectivity index (χ0n) is 11.5. The summed E-state index contributed by atoms with van der Waals surface area (Å²) >= 11 is 0. The largest absolute Gasteiger partial charge is 0.317 e. The summed E-state index contributed by atoms with van der Waals surface area (Å²) in [6, 6.07) is 1.57. The first kappa shape index (κ1) is 14.0. The zero-order valence-corrected chi connectivity index (χ0v) is 11.5. The maximum absolute atomic E-state index is 3.42. The lowest BCUT2D eigenvalue weighted by Gasteiger charge is -2.32. The van der Waals surface area contributed by atoms with Crippen molar-refractivity contribution in [2.24, 2.45) is 0 Å². The average molecular weight is 226 g/mol. The number of rotatable bonds is 6. The molecule has 96 valence electrons. The van der Waals surface area contributed by atoms with Gasteiger partial charge in [0.05, 0.1) is 0 Å². The van der Waals surface area contributed by atoms with Gasteiger partial charge in [0.25, 0.3) is 0 Å². The normalized spacial score (nSPS) is 21.0. The van der Waals surface area contributed by atoms with Crippen LogP contribution in [0.5, 0.6) is 0 Å². The van der Waals surface area contributed by atoms with E-state index in [0.29, 0.717) is 0 Å². The number of hydrogen-bond donors (Lipinski definition) is 1. The third-order valence-corrected chi connectivity index (χ3v) is 4.08. The molecule has 2 heteroatoms. The molecule has 1 rings (SSSR count). The Morgan fingerprint density at radius 3 is 2.38 bits per heavy atom. The summed E-state index contributed by atoms with van der Waals surface area (Å²) in [5.41, 5.74) is 0. The van der Waals surface area contributed by atoms with E-state index in [1.54, 1.807) is 0 Å². The fourth-order valence-corrected chi connectivity index (χ4v) is 2.72. The molecule has 0 saturated heterocycles. The van der Waals surface area contributed by atoms with Gasteiger partial charge in [-0.1, -0.05) is 32.6 Å². The van der Waals surface area contributed by atoms with Crippen LogP contribution in [-0.2, 0) is 0 Å². The molecule has 1 saturated carbocycles. The quantitative estimate of drug-likeness (QED) is 0.553. The van der Waals surface area contributed by atoms with Crippen molar-refractivity contribution in [3.63, 3.8) is 0 Å². The first-order valence-corrected chi connectivity index (χ1v) is 7.18. The minimum atomic E-state index is 0.724. The van der Waals surface area contributed by atoms with Crippen molar-refractivity contribution in [3.05, 3.63) is 0 Å². The highest BCUT2D eigenvalue weighted by Crippen LogP contribution is 2.22. The van der Waals surface area contributed by atoms with Crippen molar-refractivity contribution in [2.45, 2.75) is 70.9 Å². The lowest BCUT2D eigenvalue weighted by Crippen LogP contribution is -2.39. The first-order chi connectivity index (χ1) is 7.75. The lowest BCUT2D eigenvalue weighted by atomic mass is 10.0. The SMILES string of the molecule is CCNCCC(C)N(C)C1CCCCCC1. The molecule has 0 amide bonds. The fraction of sp³-hybridized carbons (Fsp3) is 1.00. The monoisotopic (exact) mass is 226 g/mol. The van der Waals surface area contributed by atoms with Crippen molar-refractivity contribution in [2.75, 3.05) is 20.1 Å². The van der Waals surface area contributed by atoms with Gasteiger partial charge in [-0.25, -0.2) is 0 Å². The van der Waals surface area contributed by atoms with Crippen molar-refractivity contribution < 1.29 is 0 Å². The van der Waals surface area contributed by atoms with Crippen LogP contribution >= 0.6 is 0 Å². The Bertz CT molecular complexity index is 162. The van der Waals surface area contributed by atoms with E-state index in [0.717, 1.165) is 25.2 Å². The Morgan fingerprint density at radius 1 is 1.19 bits per heavy atom. The molecule has 0 aliphatic heterocycles. The second kappa shape index (κ2) is 8.08. The minimum absolute atomic E-state index is 0.724. The van der Waals surface area contributed by atoms with Crippen LogP contribution in [0.3, 0.4) is 0 Å². The van der Waals surface area contributed by atoms with Gasteiger partial charge in [-0.15, -0.1) is 0 Å². The summed E-state index contributed by atoms with van der Waals surface area (Å²) in [6.45, 7) is 6.82. The van der Waals surface area contributed by atoms with Gasteiger partial charge in [-0.05, 0) is 46.3 Å². The molecule has 1 N–H and O–H groups in total. The zero-order chi connectivity index (χ0) is 11.8. The second-order valence-electron chi connectivity index (χ2n) is 5.30. The molecule has 0 spiro atoms. The first-order valence-electron chi connectivity index (χ1n) is 7.18. The molecule has 2 nitrogen and oxygen atoms in total. The van der Waals surface area contributed by atoms with Crippen LogP contribution in [-0.4, -0.2) is 37.1 Å². The molecule has 16 heavy (non-hydrogen) atoms. The van der Waals surface area contributed by atoms with Gasteiger partial charge in [-0.3, -0.25) is 0 Å². The van der Waals surface area contributed by atoms with Crippen LogP contribution in [0, 0.1) is 0 Å². The molecule has 1 aliphatic rings. The number of nitrogens with zero attached hydrogens (tertiary/aromatic N) is 1. The van der Waals surface area contributed by atoms with E-state index < -0.39 is 0 Å². The smallest absolute Gasteiger partial charge is 0.00950 e. The summed E-state index contributed by atoms with van der Waals surface area (Å²) in [5, 5.41) is 3.42. The van der Waals surface area contributed by atoms with E-state index in [1.165, 1.54) is 44.9 Å². The highest BCUT2D eigenvalue weighted by atomic mass is 15.2. The highest BCUT2D eigenvalue weighted by molar-refractivity contribution is 4.76. The van der Waals surface area contributed by atoms with E-state index in [9.17, 15) is 0 Å². The van der Waals surface area contributed by atoms with Gasteiger partial charge in [0.1, 0.15) is 0 Å². The van der Waals surface area contributed by atoms with Crippen LogP contribution in [0.1, 0.15) is 58.8 Å². The third kappa shape index (κ3) is 4.84. The maximum Gasteiger partial charge on any atom is 0.00950 e. The van der Waals surface area contributed by atoms with Crippen LogP contribution in [0.25, 0.3) is 0 Å². The Kier molecular flexibility index (Phi) is 7.06. The fourth-order valence-electron chi connectivity index (χ4n) is 2.72. The number of hydrogen-bond acceptors (Lipinski definition) is 2. The topological polar surface area (TPSA) is 15.3 Å². The summed E-state index contributed by atoms with van der Waals surface area (Å²) in [7, 11) is 2.33. The van der Waals surface area contributed by atoms with Gasteiger partial charge >= 0.3 is 0 Å². The lowest BCUT2D eigenvalue weighted by molar-refractivity contribution is 0.160. The molecular weight excluding hydrogens is 196 g/mol. The molecule has 0 bridgehead atoms. The second-order valence-corrected chi connectivity index (χ2v) is 5.30. The van der Waals surface area contributed by atoms with E-state index in [-0.39, 0.29) is 0 Å². The van der Waals surface area contributed by atoms with Gasteiger partial charge in [0.15, 0.2) is 0 Å². The van der Waals surface area contributed by atoms with E-state index in [2.05, 4.69) is 31.1 Å². The van der Waals surface area contributed by atoms with Gasteiger partial charge in [0.2, 0.25) is 0 Å². The molecule has 1 atom stereocenters. The molecule has 1 aliphatic carbocycles. The van der Waals surface area contributed by atoms with Crippen LogP contribution in [0.4, 0.5) is 0 Å². The minimum Gasteiger partial charge on any atom is -0.317 e. The van der Waals surface area contributed by atoms with E-state index >= 15 is 0 Å². The van der Waals surface area contributed by atoms with Crippen molar-refractivity contribution in [1.82, 2.24) is 10.2 Å². The Balaban J connectivity index is 2.26. The van der Waals surface area contributed by atoms with E-state index in [1.807, 2.05) is 0 Å². The van der Waals surface area contributed by atoms with Crippen molar-refractivity contribution in [3.8, 4) is 0 Å². The highest BCUT2D eigenvalue weighted by Gasteiger charge is 2.20. The predicted octanol–water partition coefficient (Wildman–Crippen LogP) is 3.03. The summed E-state index contributed by atoms with van der Waals surface area (Å²) in [5.74, 6) is 0. The molecule has 0 aromatic carbocycles. The van der Waals surface area contributed by atoms with Crippen molar-refractivity contribution >= 4 is 0 Å². The standard InChI is InChI=1S/C14H30N2/c1-4-15-12-11-13(2)16(3)14-9-7-5-6-8-10-14/h13-15H,4-12H2,1-3H3. The van der Waals surface area contributed by atoms with Crippen LogP contribution in [0.15, 0.2) is 0 Å².